The minimum atomic E-state index is -0.327. The highest BCUT2D eigenvalue weighted by Gasteiger charge is 2.17. The van der Waals surface area contributed by atoms with Crippen molar-refractivity contribution in [3.63, 3.8) is 0 Å². The van der Waals surface area contributed by atoms with Crippen LogP contribution >= 0.6 is 24.0 Å². The number of aliphatic imine (C=N–C) groups is 1. The number of nitrogens with one attached hydrogen (secondary N) is 1. The molecule has 0 bridgehead atoms. The van der Waals surface area contributed by atoms with Gasteiger partial charge in [-0.15, -0.1) is 24.0 Å². The van der Waals surface area contributed by atoms with E-state index in [0.717, 1.165) is 25.6 Å². The fourth-order valence-electron chi connectivity index (χ4n) is 3.07. The molecule has 1 heterocycles. The Balaban J connectivity index is 0.00000338. The minimum absolute atomic E-state index is 0. The van der Waals surface area contributed by atoms with E-state index in [1.54, 1.807) is 18.2 Å². The molecular formula is C19H32FIN4O. The number of ether oxygens (including phenoxy) is 1. The van der Waals surface area contributed by atoms with Crippen molar-refractivity contribution < 1.29 is 9.13 Å². The van der Waals surface area contributed by atoms with Crippen LogP contribution in [-0.4, -0.2) is 69.2 Å². The summed E-state index contributed by atoms with van der Waals surface area (Å²) >= 11 is 0. The molecule has 0 amide bonds. The van der Waals surface area contributed by atoms with E-state index >= 15 is 0 Å². The number of para-hydroxylation sites is 1. The van der Waals surface area contributed by atoms with E-state index in [4.69, 9.17) is 9.73 Å². The third-order valence-electron chi connectivity index (χ3n) is 4.44. The van der Waals surface area contributed by atoms with Crippen LogP contribution in [0.1, 0.15) is 19.8 Å². The number of piperidine rings is 1. The molecule has 7 heteroatoms. The van der Waals surface area contributed by atoms with E-state index in [0.29, 0.717) is 24.8 Å². The molecule has 0 saturated carbocycles. The Morgan fingerprint density at radius 2 is 2.19 bits per heavy atom. The summed E-state index contributed by atoms with van der Waals surface area (Å²) in [7, 11) is 4.16. The van der Waals surface area contributed by atoms with Crippen LogP contribution in [0.2, 0.25) is 0 Å². The Morgan fingerprint density at radius 3 is 2.88 bits per heavy atom. The Kier molecular flexibility index (Phi) is 10.9. The maximum Gasteiger partial charge on any atom is 0.193 e. The second-order valence-electron chi connectivity index (χ2n) is 6.67. The molecule has 1 aliphatic heterocycles. The highest BCUT2D eigenvalue weighted by atomic mass is 127. The fourth-order valence-corrected chi connectivity index (χ4v) is 3.07. The fraction of sp³-hybridized carbons (Fsp3) is 0.632. The lowest BCUT2D eigenvalue weighted by Gasteiger charge is -2.29. The highest BCUT2D eigenvalue weighted by molar-refractivity contribution is 14.0. The molecule has 2 rings (SSSR count). The molecule has 0 aliphatic carbocycles. The predicted octanol–water partition coefficient (Wildman–Crippen LogP) is 3.06. The van der Waals surface area contributed by atoms with Gasteiger partial charge in [0, 0.05) is 26.7 Å². The lowest BCUT2D eigenvalue weighted by molar-refractivity contribution is 0.214. The molecular weight excluding hydrogens is 446 g/mol. The largest absolute Gasteiger partial charge is 0.489 e. The number of hydrogen-bond donors (Lipinski definition) is 1. The van der Waals surface area contributed by atoms with Gasteiger partial charge >= 0.3 is 0 Å². The first-order valence-corrected chi connectivity index (χ1v) is 9.15. The molecule has 1 unspecified atom stereocenters. The smallest absolute Gasteiger partial charge is 0.193 e. The molecule has 1 saturated heterocycles. The maximum atomic E-state index is 13.6. The van der Waals surface area contributed by atoms with Gasteiger partial charge in [0.1, 0.15) is 6.61 Å². The Morgan fingerprint density at radius 1 is 1.42 bits per heavy atom. The normalized spacial score (nSPS) is 18.2. The second-order valence-corrected chi connectivity index (χ2v) is 6.67. The molecule has 1 aromatic rings. The Labute approximate surface area is 174 Å². The Bertz CT molecular complexity index is 558. The van der Waals surface area contributed by atoms with Gasteiger partial charge in [-0.3, -0.25) is 4.99 Å². The van der Waals surface area contributed by atoms with Gasteiger partial charge in [0.05, 0.1) is 6.54 Å². The number of halogens is 2. The zero-order valence-electron chi connectivity index (χ0n) is 16.1. The number of benzene rings is 1. The molecule has 26 heavy (non-hydrogen) atoms. The van der Waals surface area contributed by atoms with E-state index in [2.05, 4.69) is 24.2 Å². The van der Waals surface area contributed by atoms with E-state index in [-0.39, 0.29) is 29.8 Å². The molecule has 1 fully saturated rings. The number of likely N-dealkylation sites (tertiary alicyclic amines) is 1. The summed E-state index contributed by atoms with van der Waals surface area (Å²) in [5, 5.41) is 3.33. The first-order chi connectivity index (χ1) is 12.1. The summed E-state index contributed by atoms with van der Waals surface area (Å²) in [5.74, 6) is 1.47. The molecule has 1 atom stereocenters. The number of nitrogens with zero attached hydrogens (tertiary/aromatic N) is 3. The van der Waals surface area contributed by atoms with E-state index < -0.39 is 0 Å². The molecule has 0 radical (unpaired) electrons. The monoisotopic (exact) mass is 478 g/mol. The van der Waals surface area contributed by atoms with Crippen molar-refractivity contribution in [3.05, 3.63) is 30.1 Å². The Hall–Kier alpha value is -1.09. The van der Waals surface area contributed by atoms with Crippen LogP contribution < -0.4 is 10.1 Å². The van der Waals surface area contributed by atoms with Crippen molar-refractivity contribution in [2.24, 2.45) is 10.9 Å². The first-order valence-electron chi connectivity index (χ1n) is 9.15. The molecule has 5 nitrogen and oxygen atoms in total. The van der Waals surface area contributed by atoms with Gasteiger partial charge in [0.2, 0.25) is 0 Å². The lowest BCUT2D eigenvalue weighted by Crippen LogP contribution is -2.41. The summed E-state index contributed by atoms with van der Waals surface area (Å²) in [4.78, 5) is 9.21. The van der Waals surface area contributed by atoms with Crippen LogP contribution in [0.25, 0.3) is 0 Å². The molecule has 1 N–H and O–H groups in total. The maximum absolute atomic E-state index is 13.6. The van der Waals surface area contributed by atoms with Gasteiger partial charge in [0.25, 0.3) is 0 Å². The number of hydrogen-bond acceptors (Lipinski definition) is 3. The van der Waals surface area contributed by atoms with Gasteiger partial charge in [0.15, 0.2) is 17.5 Å². The van der Waals surface area contributed by atoms with Crippen LogP contribution in [0.4, 0.5) is 4.39 Å². The average Bonchev–Trinajstić information content (AvgIpc) is 2.60. The number of guanidine groups is 1. The quantitative estimate of drug-likeness (QED) is 0.372. The number of rotatable bonds is 7. The van der Waals surface area contributed by atoms with Crippen molar-refractivity contribution in [1.82, 2.24) is 15.1 Å². The van der Waals surface area contributed by atoms with E-state index in [9.17, 15) is 4.39 Å². The molecule has 1 aliphatic rings. The van der Waals surface area contributed by atoms with E-state index in [1.807, 2.05) is 11.9 Å². The van der Waals surface area contributed by atoms with Crippen LogP contribution in [-0.2, 0) is 0 Å². The molecule has 148 valence electrons. The summed E-state index contributed by atoms with van der Waals surface area (Å²) in [6, 6.07) is 6.49. The standard InChI is InChI=1S/C19H31FN4O.HI/c1-4-21-19(22-14-16-8-7-11-23(2)15-16)24(3)12-13-25-18-10-6-5-9-17(18)20;/h5-6,9-10,16H,4,7-8,11-15H2,1-3H3,(H,21,22);1H. The zero-order chi connectivity index (χ0) is 18.1. The number of likely N-dealkylation sites (N-methyl/N-ethyl adjacent to an activating group) is 1. The average molecular weight is 478 g/mol. The van der Waals surface area contributed by atoms with Crippen LogP contribution in [0.3, 0.4) is 0 Å². The van der Waals surface area contributed by atoms with Crippen LogP contribution in [0.5, 0.6) is 5.75 Å². The van der Waals surface area contributed by atoms with Gasteiger partial charge in [-0.05, 0) is 51.4 Å². The van der Waals surface area contributed by atoms with Crippen molar-refractivity contribution in [3.8, 4) is 5.75 Å². The second kappa shape index (κ2) is 12.3. The van der Waals surface area contributed by atoms with Crippen molar-refractivity contribution in [2.75, 3.05) is 53.4 Å². The van der Waals surface area contributed by atoms with Crippen LogP contribution in [0.15, 0.2) is 29.3 Å². The third-order valence-corrected chi connectivity index (χ3v) is 4.44. The molecule has 1 aromatic carbocycles. The lowest BCUT2D eigenvalue weighted by atomic mass is 9.99. The summed E-state index contributed by atoms with van der Waals surface area (Å²) in [5.41, 5.74) is 0. The SMILES string of the molecule is CCNC(=NCC1CCCN(C)C1)N(C)CCOc1ccccc1F.I. The summed E-state index contributed by atoms with van der Waals surface area (Å²) in [6.45, 7) is 7.08. The van der Waals surface area contributed by atoms with Crippen molar-refractivity contribution >= 4 is 29.9 Å². The molecule has 0 spiro atoms. The predicted molar refractivity (Wildman–Crippen MR) is 116 cm³/mol. The van der Waals surface area contributed by atoms with Crippen molar-refractivity contribution in [2.45, 2.75) is 19.8 Å². The van der Waals surface area contributed by atoms with Gasteiger partial charge in [-0.2, -0.15) is 0 Å². The van der Waals surface area contributed by atoms with Gasteiger partial charge in [-0.25, -0.2) is 4.39 Å². The first kappa shape index (κ1) is 23.0. The van der Waals surface area contributed by atoms with Gasteiger partial charge < -0.3 is 19.9 Å². The zero-order valence-corrected chi connectivity index (χ0v) is 18.4. The molecule has 0 aromatic heterocycles. The topological polar surface area (TPSA) is 40.1 Å². The van der Waals surface area contributed by atoms with Crippen molar-refractivity contribution in [1.29, 1.82) is 0 Å². The van der Waals surface area contributed by atoms with Gasteiger partial charge in [-0.1, -0.05) is 12.1 Å². The third kappa shape index (κ3) is 7.65. The highest BCUT2D eigenvalue weighted by Crippen LogP contribution is 2.16. The summed E-state index contributed by atoms with van der Waals surface area (Å²) in [6.07, 6.45) is 2.49. The van der Waals surface area contributed by atoms with E-state index in [1.165, 1.54) is 25.5 Å². The van der Waals surface area contributed by atoms with Crippen LogP contribution in [0, 0.1) is 11.7 Å². The summed E-state index contributed by atoms with van der Waals surface area (Å²) < 4.78 is 19.1. The minimum Gasteiger partial charge on any atom is -0.489 e.